The Kier molecular flexibility index (Phi) is 10.5. The van der Waals surface area contributed by atoms with Crippen LogP contribution in [-0.4, -0.2) is 126 Å². The van der Waals surface area contributed by atoms with Crippen molar-refractivity contribution in [2.24, 2.45) is 0 Å². The van der Waals surface area contributed by atoms with Crippen molar-refractivity contribution in [2.45, 2.75) is 18.6 Å². The smallest absolute Gasteiger partial charge is 0.395 e. The average molecular weight is 395 g/mol. The number of rotatable bonds is 12. The first kappa shape index (κ1) is 22.1. The van der Waals surface area contributed by atoms with Gasteiger partial charge in [0.2, 0.25) is 0 Å². The number of aliphatic hydroxyl groups is 3. The third kappa shape index (κ3) is 7.85. The maximum atomic E-state index is 10.0. The summed E-state index contributed by atoms with van der Waals surface area (Å²) >= 11 is 0. The molecule has 1 atom stereocenters. The van der Waals surface area contributed by atoms with Gasteiger partial charge in [0.15, 0.2) is 0 Å². The predicted molar refractivity (Wildman–Crippen MR) is 96.9 cm³/mol. The Hall–Kier alpha value is -0.143. The van der Waals surface area contributed by atoms with Crippen molar-refractivity contribution in [3.8, 4) is 0 Å². The van der Waals surface area contributed by atoms with Gasteiger partial charge in [-0.1, -0.05) is 0 Å². The van der Waals surface area contributed by atoms with Crippen LogP contribution in [-0.2, 0) is 18.0 Å². The highest BCUT2D eigenvalue weighted by atomic mass is 28.4. The molecule has 0 amide bonds. The fourth-order valence-electron chi connectivity index (χ4n) is 3.21. The van der Waals surface area contributed by atoms with Crippen LogP contribution in [0, 0.1) is 0 Å². The van der Waals surface area contributed by atoms with Gasteiger partial charge in [-0.05, 0) is 6.42 Å². The van der Waals surface area contributed by atoms with Gasteiger partial charge in [0.05, 0.1) is 45.7 Å². The summed E-state index contributed by atoms with van der Waals surface area (Å²) < 4.78 is 23.5. The van der Waals surface area contributed by atoms with Crippen LogP contribution < -0.4 is 0 Å². The molecule has 0 saturated carbocycles. The van der Waals surface area contributed by atoms with E-state index < -0.39 is 14.9 Å². The highest BCUT2D eigenvalue weighted by molar-refractivity contribution is 6.60. The van der Waals surface area contributed by atoms with Crippen LogP contribution in [0.4, 0.5) is 0 Å². The maximum absolute atomic E-state index is 10.0. The fraction of sp³-hybridized carbons (Fsp3) is 1.00. The van der Waals surface area contributed by atoms with Gasteiger partial charge in [-0.2, -0.15) is 0 Å². The van der Waals surface area contributed by atoms with E-state index in [2.05, 4.69) is 4.90 Å². The number of aliphatic hydroxyl groups excluding tert-OH is 3. The molecule has 3 fully saturated rings. The zero-order valence-corrected chi connectivity index (χ0v) is 16.6. The van der Waals surface area contributed by atoms with Crippen LogP contribution >= 0.6 is 0 Å². The highest BCUT2D eigenvalue weighted by Crippen LogP contribution is 2.21. The van der Waals surface area contributed by atoms with E-state index in [0.29, 0.717) is 46.1 Å². The quantitative estimate of drug-likeness (QED) is 0.265. The Balaban J connectivity index is 1.62. The van der Waals surface area contributed by atoms with E-state index in [9.17, 15) is 5.11 Å². The Morgan fingerprint density at radius 2 is 1.58 bits per heavy atom. The number of nitrogens with zero attached hydrogens (tertiary/aromatic N) is 2. The lowest BCUT2D eigenvalue weighted by Crippen LogP contribution is -2.55. The lowest BCUT2D eigenvalue weighted by Gasteiger charge is -2.38. The van der Waals surface area contributed by atoms with Crippen molar-refractivity contribution in [2.75, 3.05) is 85.5 Å². The molecule has 154 valence electrons. The molecule has 0 aromatic rings. The van der Waals surface area contributed by atoms with Crippen LogP contribution in [0.5, 0.6) is 0 Å². The first-order valence-corrected chi connectivity index (χ1v) is 11.4. The van der Waals surface area contributed by atoms with Gasteiger partial charge >= 0.3 is 8.80 Å². The topological polar surface area (TPSA) is 104 Å². The maximum Gasteiger partial charge on any atom is 0.501 e. The molecule has 0 aromatic carbocycles. The van der Waals surface area contributed by atoms with Gasteiger partial charge in [-0.3, -0.25) is 9.80 Å². The molecule has 0 radical (unpaired) electrons. The molecule has 0 spiro atoms. The van der Waals surface area contributed by atoms with E-state index in [0.717, 1.165) is 32.1 Å². The third-order valence-corrected chi connectivity index (χ3v) is 7.47. The number of hydrogen-bond donors (Lipinski definition) is 3. The van der Waals surface area contributed by atoms with E-state index in [-0.39, 0.29) is 19.8 Å². The van der Waals surface area contributed by atoms with Crippen molar-refractivity contribution < 1.29 is 33.3 Å². The summed E-state index contributed by atoms with van der Waals surface area (Å²) in [5, 5.41) is 28.0. The largest absolute Gasteiger partial charge is 0.501 e. The molecule has 3 saturated heterocycles. The summed E-state index contributed by atoms with van der Waals surface area (Å²) in [6, 6.07) is 0.726. The lowest BCUT2D eigenvalue weighted by atomic mass is 10.3. The summed E-state index contributed by atoms with van der Waals surface area (Å²) in [4.78, 5) is 4.10. The number of hydrogen-bond acceptors (Lipinski definition) is 9. The van der Waals surface area contributed by atoms with Crippen LogP contribution in [0.15, 0.2) is 0 Å². The standard InChI is InChI=1S/C16H34N2O7Si/c19-7-2-18(3-8-20)14-16(21)15-22-9-1-13-26-23-10-4-17(5-11-24-26)6-12-25-26/h16,19-21H,1-15H2. The zero-order chi connectivity index (χ0) is 18.7. The molecule has 3 heterocycles. The number of fused-ring (bicyclic) bond motifs is 6. The van der Waals surface area contributed by atoms with E-state index in [1.165, 1.54) is 0 Å². The molecule has 0 aliphatic carbocycles. The molecule has 9 nitrogen and oxygen atoms in total. The van der Waals surface area contributed by atoms with Crippen molar-refractivity contribution in [3.63, 3.8) is 0 Å². The molecule has 3 N–H and O–H groups in total. The number of ether oxygens (including phenoxy) is 1. The highest BCUT2D eigenvalue weighted by Gasteiger charge is 2.43. The Labute approximate surface area is 156 Å². The summed E-state index contributed by atoms with van der Waals surface area (Å²) in [5.74, 6) is 0. The molecule has 1 unspecified atom stereocenters. The minimum atomic E-state index is -2.59. The van der Waals surface area contributed by atoms with Crippen molar-refractivity contribution in [3.05, 3.63) is 0 Å². The van der Waals surface area contributed by atoms with Gasteiger partial charge in [0.25, 0.3) is 0 Å². The van der Waals surface area contributed by atoms with Gasteiger partial charge in [0, 0.05) is 51.9 Å². The van der Waals surface area contributed by atoms with E-state index >= 15 is 0 Å². The molecule has 26 heavy (non-hydrogen) atoms. The van der Waals surface area contributed by atoms with Crippen molar-refractivity contribution >= 4 is 8.80 Å². The second kappa shape index (κ2) is 12.3. The molecule has 3 aliphatic heterocycles. The molecule has 0 aromatic heterocycles. The average Bonchev–Trinajstić information content (AvgIpc) is 2.55. The van der Waals surface area contributed by atoms with E-state index in [1.54, 1.807) is 0 Å². The van der Waals surface area contributed by atoms with Gasteiger partial charge in [-0.25, -0.2) is 0 Å². The second-order valence-electron chi connectivity index (χ2n) is 6.65. The third-order valence-electron chi connectivity index (χ3n) is 4.57. The molecule has 3 rings (SSSR count). The first-order chi connectivity index (χ1) is 12.7. The van der Waals surface area contributed by atoms with Gasteiger partial charge in [0.1, 0.15) is 0 Å². The molecular weight excluding hydrogens is 360 g/mol. The van der Waals surface area contributed by atoms with Crippen molar-refractivity contribution in [1.82, 2.24) is 9.80 Å². The van der Waals surface area contributed by atoms with Gasteiger partial charge in [-0.15, -0.1) is 0 Å². The normalized spacial score (nSPS) is 27.9. The van der Waals surface area contributed by atoms with Crippen molar-refractivity contribution in [1.29, 1.82) is 0 Å². The molecule has 3 aliphatic rings. The van der Waals surface area contributed by atoms with Crippen LogP contribution in [0.25, 0.3) is 0 Å². The first-order valence-electron chi connectivity index (χ1n) is 9.51. The Morgan fingerprint density at radius 1 is 1.00 bits per heavy atom. The van der Waals surface area contributed by atoms with Crippen LogP contribution in [0.2, 0.25) is 6.04 Å². The monoisotopic (exact) mass is 394 g/mol. The fourth-order valence-corrected chi connectivity index (χ4v) is 5.67. The zero-order valence-electron chi connectivity index (χ0n) is 15.6. The minimum Gasteiger partial charge on any atom is -0.395 e. The summed E-state index contributed by atoms with van der Waals surface area (Å²) in [5.41, 5.74) is 0. The van der Waals surface area contributed by atoms with Crippen LogP contribution in [0.3, 0.4) is 0 Å². The Morgan fingerprint density at radius 3 is 2.12 bits per heavy atom. The lowest BCUT2D eigenvalue weighted by molar-refractivity contribution is -0.0122. The summed E-state index contributed by atoms with van der Waals surface area (Å²) in [6.45, 7) is 6.69. The SMILES string of the molecule is OCCN(CCO)CC(O)COCCC[Si]12OCCN(CCO1)CCO2. The second-order valence-corrected chi connectivity index (χ2v) is 9.38. The van der Waals surface area contributed by atoms with E-state index in [4.69, 9.17) is 28.2 Å². The van der Waals surface area contributed by atoms with Crippen LogP contribution in [0.1, 0.15) is 6.42 Å². The minimum absolute atomic E-state index is 0.00194. The van der Waals surface area contributed by atoms with E-state index in [1.807, 2.05) is 4.90 Å². The summed E-state index contributed by atoms with van der Waals surface area (Å²) in [7, 11) is -2.59. The predicted octanol–water partition coefficient (Wildman–Crippen LogP) is -1.64. The summed E-state index contributed by atoms with van der Waals surface area (Å²) in [6.07, 6.45) is 0.112. The molecular formula is C16H34N2O7Si. The Bertz CT molecular complexity index is 348. The van der Waals surface area contributed by atoms with Gasteiger partial charge < -0.3 is 33.3 Å². The molecule has 2 bridgehead atoms. The molecule has 10 heteroatoms.